The smallest absolute Gasteiger partial charge is 0.293 e. The predicted octanol–water partition coefficient (Wildman–Crippen LogP) is 3.75. The monoisotopic (exact) mass is 461 g/mol. The number of halogens is 1. The first-order valence-electron chi connectivity index (χ1n) is 9.69. The number of hydrogen-bond acceptors (Lipinski definition) is 6. The lowest BCUT2D eigenvalue weighted by atomic mass is 10.1. The van der Waals surface area contributed by atoms with Crippen molar-refractivity contribution in [3.05, 3.63) is 82.2 Å². The van der Waals surface area contributed by atoms with Gasteiger partial charge in [-0.25, -0.2) is 22.5 Å². The standard InChI is InChI=1S/C21H24FN5O4S/c1-21(2,3)25-32(30,31)16-8-9-17(18(13-16)27(28)29)24-19(20-23-10-11-26(20)4)14-6-5-7-15(22)12-14/h5-13,19,24-25H,1-4H3. The summed E-state index contributed by atoms with van der Waals surface area (Å²) in [4.78, 5) is 15.2. The van der Waals surface area contributed by atoms with Crippen LogP contribution in [-0.2, 0) is 17.1 Å². The van der Waals surface area contributed by atoms with Gasteiger partial charge < -0.3 is 9.88 Å². The minimum atomic E-state index is -3.98. The first kappa shape index (κ1) is 23.4. The van der Waals surface area contributed by atoms with Crippen LogP contribution in [0.25, 0.3) is 0 Å². The number of nitro benzene ring substituents is 1. The largest absolute Gasteiger partial charge is 0.366 e. The summed E-state index contributed by atoms with van der Waals surface area (Å²) in [5.41, 5.74) is -0.621. The second-order valence-corrected chi connectivity index (χ2v) is 10.0. The van der Waals surface area contributed by atoms with Gasteiger partial charge in [0.05, 0.1) is 9.82 Å². The highest BCUT2D eigenvalue weighted by Gasteiger charge is 2.27. The molecule has 0 aliphatic heterocycles. The summed E-state index contributed by atoms with van der Waals surface area (Å²) in [6.07, 6.45) is 3.26. The Balaban J connectivity index is 2.07. The van der Waals surface area contributed by atoms with Crippen molar-refractivity contribution < 1.29 is 17.7 Å². The van der Waals surface area contributed by atoms with Gasteiger partial charge in [-0.3, -0.25) is 10.1 Å². The van der Waals surface area contributed by atoms with Gasteiger partial charge >= 0.3 is 0 Å². The number of sulfonamides is 1. The van der Waals surface area contributed by atoms with Crippen LogP contribution in [0.5, 0.6) is 0 Å². The van der Waals surface area contributed by atoms with Crippen LogP contribution in [0.3, 0.4) is 0 Å². The number of anilines is 1. The van der Waals surface area contributed by atoms with Crippen molar-refractivity contribution in [2.75, 3.05) is 5.32 Å². The van der Waals surface area contributed by atoms with E-state index in [9.17, 15) is 22.9 Å². The highest BCUT2D eigenvalue weighted by molar-refractivity contribution is 7.89. The molecule has 0 spiro atoms. The Hall–Kier alpha value is -3.31. The molecule has 1 heterocycles. The molecule has 0 saturated heterocycles. The summed E-state index contributed by atoms with van der Waals surface area (Å²) < 4.78 is 43.4. The van der Waals surface area contributed by atoms with Crippen LogP contribution in [0.4, 0.5) is 15.8 Å². The van der Waals surface area contributed by atoms with Crippen molar-refractivity contribution in [3.8, 4) is 0 Å². The second-order valence-electron chi connectivity index (χ2n) is 8.32. The number of imidazole rings is 1. The Morgan fingerprint density at radius 3 is 2.47 bits per heavy atom. The number of nitrogens with zero attached hydrogens (tertiary/aromatic N) is 3. The highest BCUT2D eigenvalue weighted by Crippen LogP contribution is 2.33. The average Bonchev–Trinajstić information content (AvgIpc) is 3.09. The van der Waals surface area contributed by atoms with Crippen molar-refractivity contribution in [2.45, 2.75) is 37.2 Å². The van der Waals surface area contributed by atoms with Gasteiger partial charge in [-0.1, -0.05) is 12.1 Å². The molecule has 170 valence electrons. The Kier molecular flexibility index (Phi) is 6.33. The first-order valence-corrected chi connectivity index (χ1v) is 11.2. The third kappa shape index (κ3) is 5.29. The first-order chi connectivity index (χ1) is 14.9. The molecular weight excluding hydrogens is 437 g/mol. The molecule has 0 radical (unpaired) electrons. The fraction of sp³-hybridized carbons (Fsp3) is 0.286. The number of aryl methyl sites for hydroxylation is 1. The minimum absolute atomic E-state index is 0.0713. The van der Waals surface area contributed by atoms with Crippen LogP contribution in [0, 0.1) is 15.9 Å². The molecule has 9 nitrogen and oxygen atoms in total. The SMILES string of the molecule is Cn1ccnc1C(Nc1ccc(S(=O)(=O)NC(C)(C)C)cc1[N+](=O)[O-])c1cccc(F)c1. The molecule has 0 amide bonds. The van der Waals surface area contributed by atoms with Crippen molar-refractivity contribution in [2.24, 2.45) is 7.05 Å². The van der Waals surface area contributed by atoms with E-state index in [1.165, 1.54) is 30.3 Å². The van der Waals surface area contributed by atoms with E-state index >= 15 is 0 Å². The highest BCUT2D eigenvalue weighted by atomic mass is 32.2. The van der Waals surface area contributed by atoms with Crippen LogP contribution in [0.1, 0.15) is 38.2 Å². The molecule has 2 N–H and O–H groups in total. The number of aromatic nitrogens is 2. The number of nitro groups is 1. The summed E-state index contributed by atoms with van der Waals surface area (Å²) in [5.74, 6) is 0.0312. The van der Waals surface area contributed by atoms with E-state index in [1.54, 1.807) is 50.8 Å². The number of benzene rings is 2. The third-order valence-corrected chi connectivity index (χ3v) is 6.27. The Labute approximate surface area is 185 Å². The molecule has 0 fully saturated rings. The van der Waals surface area contributed by atoms with Crippen molar-refractivity contribution in [3.63, 3.8) is 0 Å². The van der Waals surface area contributed by atoms with E-state index in [-0.39, 0.29) is 10.6 Å². The second kappa shape index (κ2) is 8.67. The molecular formula is C21H24FN5O4S. The third-order valence-electron chi connectivity index (χ3n) is 4.52. The van der Waals surface area contributed by atoms with Crippen LogP contribution < -0.4 is 10.0 Å². The maximum atomic E-state index is 13.9. The molecule has 1 atom stereocenters. The fourth-order valence-corrected chi connectivity index (χ4v) is 4.65. The van der Waals surface area contributed by atoms with Crippen LogP contribution >= 0.6 is 0 Å². The van der Waals surface area contributed by atoms with Gasteiger partial charge in [0, 0.05) is 31.0 Å². The number of rotatable bonds is 7. The fourth-order valence-electron chi connectivity index (χ4n) is 3.21. The summed E-state index contributed by atoms with van der Waals surface area (Å²) in [7, 11) is -2.23. The molecule has 0 saturated carbocycles. The van der Waals surface area contributed by atoms with Crippen molar-refractivity contribution in [1.29, 1.82) is 0 Å². The van der Waals surface area contributed by atoms with E-state index < -0.39 is 38.0 Å². The number of hydrogen-bond donors (Lipinski definition) is 2. The van der Waals surface area contributed by atoms with Crippen LogP contribution in [-0.4, -0.2) is 28.4 Å². The number of nitrogens with one attached hydrogen (secondary N) is 2. The Bertz CT molecular complexity index is 1250. The molecule has 0 aliphatic rings. The zero-order valence-electron chi connectivity index (χ0n) is 18.0. The Morgan fingerprint density at radius 2 is 1.91 bits per heavy atom. The van der Waals surface area contributed by atoms with E-state index in [0.29, 0.717) is 11.4 Å². The van der Waals surface area contributed by atoms with E-state index in [1.807, 2.05) is 0 Å². The zero-order chi connectivity index (χ0) is 23.7. The van der Waals surface area contributed by atoms with Crippen LogP contribution in [0.15, 0.2) is 59.8 Å². The van der Waals surface area contributed by atoms with Gasteiger partial charge in [0.25, 0.3) is 5.69 Å². The van der Waals surface area contributed by atoms with Gasteiger partial charge in [-0.05, 0) is 50.6 Å². The van der Waals surface area contributed by atoms with Gasteiger partial charge in [0.2, 0.25) is 10.0 Å². The molecule has 3 aromatic rings. The predicted molar refractivity (Wildman–Crippen MR) is 118 cm³/mol. The summed E-state index contributed by atoms with van der Waals surface area (Å²) in [6.45, 7) is 5.02. The summed E-state index contributed by atoms with van der Waals surface area (Å²) in [5, 5.41) is 14.8. The van der Waals surface area contributed by atoms with Crippen molar-refractivity contribution in [1.82, 2.24) is 14.3 Å². The molecule has 0 bridgehead atoms. The summed E-state index contributed by atoms with van der Waals surface area (Å²) >= 11 is 0. The van der Waals surface area contributed by atoms with Gasteiger partial charge in [0.15, 0.2) is 0 Å². The molecule has 3 rings (SSSR count). The lowest BCUT2D eigenvalue weighted by Gasteiger charge is -2.22. The molecule has 1 aromatic heterocycles. The molecule has 0 aliphatic carbocycles. The lowest BCUT2D eigenvalue weighted by molar-refractivity contribution is -0.384. The van der Waals surface area contributed by atoms with Crippen molar-refractivity contribution >= 4 is 21.4 Å². The van der Waals surface area contributed by atoms with Gasteiger partial charge in [0.1, 0.15) is 23.4 Å². The normalized spacial score (nSPS) is 13.0. The van der Waals surface area contributed by atoms with E-state index in [2.05, 4.69) is 15.0 Å². The quantitative estimate of drug-likeness (QED) is 0.409. The minimum Gasteiger partial charge on any atom is -0.366 e. The Morgan fingerprint density at radius 1 is 1.19 bits per heavy atom. The summed E-state index contributed by atoms with van der Waals surface area (Å²) in [6, 6.07) is 8.69. The maximum absolute atomic E-state index is 13.9. The van der Waals surface area contributed by atoms with E-state index in [4.69, 9.17) is 0 Å². The van der Waals surface area contributed by atoms with Crippen LogP contribution in [0.2, 0.25) is 0 Å². The zero-order valence-corrected chi connectivity index (χ0v) is 18.9. The maximum Gasteiger partial charge on any atom is 0.293 e. The van der Waals surface area contributed by atoms with Gasteiger partial charge in [-0.2, -0.15) is 0 Å². The lowest BCUT2D eigenvalue weighted by Crippen LogP contribution is -2.40. The molecule has 32 heavy (non-hydrogen) atoms. The molecule has 2 aromatic carbocycles. The van der Waals surface area contributed by atoms with Gasteiger partial charge in [-0.15, -0.1) is 0 Å². The van der Waals surface area contributed by atoms with E-state index in [0.717, 1.165) is 6.07 Å². The average molecular weight is 462 g/mol. The molecule has 11 heteroatoms. The topological polar surface area (TPSA) is 119 Å². The molecule has 1 unspecified atom stereocenters.